The molecule has 0 aromatic heterocycles. The van der Waals surface area contributed by atoms with Crippen LogP contribution in [-0.4, -0.2) is 16.7 Å². The molecule has 64 valence electrons. The summed E-state index contributed by atoms with van der Waals surface area (Å²) in [4.78, 5) is 0. The summed E-state index contributed by atoms with van der Waals surface area (Å²) in [5.74, 6) is 0. The van der Waals surface area contributed by atoms with Crippen molar-refractivity contribution in [3.8, 4) is 0 Å². The van der Waals surface area contributed by atoms with Gasteiger partial charge in [0.05, 0.1) is 11.6 Å². The predicted octanol–water partition coefficient (Wildman–Crippen LogP) is 1.41. The molecular formula is C9H17NO. The van der Waals surface area contributed by atoms with Crippen LogP contribution in [0.1, 0.15) is 33.6 Å². The molecule has 2 N–H and O–H groups in total. The van der Waals surface area contributed by atoms with Crippen LogP contribution in [0.15, 0.2) is 11.8 Å². The Balaban J connectivity index is 2.67. The lowest BCUT2D eigenvalue weighted by molar-refractivity contribution is 0.0856. The number of allylic oxidation sites excluding steroid dienone is 1. The Morgan fingerprint density at radius 3 is 2.64 bits per heavy atom. The molecule has 0 fully saturated rings. The molecular weight excluding hydrogens is 138 g/mol. The van der Waals surface area contributed by atoms with E-state index in [1.165, 1.54) is 5.70 Å². The van der Waals surface area contributed by atoms with Crippen LogP contribution in [0.5, 0.6) is 0 Å². The van der Waals surface area contributed by atoms with Gasteiger partial charge in [0.2, 0.25) is 0 Å². The summed E-state index contributed by atoms with van der Waals surface area (Å²) in [6.07, 6.45) is 3.79. The average Bonchev–Trinajstić information content (AvgIpc) is 2.33. The summed E-state index contributed by atoms with van der Waals surface area (Å²) in [7, 11) is 0. The zero-order valence-corrected chi connectivity index (χ0v) is 7.52. The predicted molar refractivity (Wildman–Crippen MR) is 46.2 cm³/mol. The molecule has 1 rings (SSSR count). The molecule has 0 radical (unpaired) electrons. The first-order valence-corrected chi connectivity index (χ1v) is 4.24. The van der Waals surface area contributed by atoms with Gasteiger partial charge in [-0.1, -0.05) is 13.0 Å². The van der Waals surface area contributed by atoms with Crippen LogP contribution in [0, 0.1) is 0 Å². The van der Waals surface area contributed by atoms with E-state index in [-0.39, 0.29) is 11.6 Å². The summed E-state index contributed by atoms with van der Waals surface area (Å²) in [5, 5.41) is 12.9. The van der Waals surface area contributed by atoms with E-state index in [2.05, 4.69) is 18.3 Å². The monoisotopic (exact) mass is 155 g/mol. The number of aliphatic hydroxyl groups excluding tert-OH is 1. The zero-order valence-electron chi connectivity index (χ0n) is 7.52. The highest BCUT2D eigenvalue weighted by Gasteiger charge is 2.35. The summed E-state index contributed by atoms with van der Waals surface area (Å²) in [6, 6.07) is 0. The number of rotatable bonds is 2. The van der Waals surface area contributed by atoms with Crippen LogP contribution >= 0.6 is 0 Å². The van der Waals surface area contributed by atoms with Gasteiger partial charge in [-0.25, -0.2) is 0 Å². The molecule has 1 aliphatic heterocycles. The second-order valence-corrected chi connectivity index (χ2v) is 3.40. The van der Waals surface area contributed by atoms with Crippen LogP contribution in [-0.2, 0) is 0 Å². The van der Waals surface area contributed by atoms with E-state index in [0.29, 0.717) is 0 Å². The molecule has 0 aliphatic carbocycles. The molecule has 0 aromatic carbocycles. The van der Waals surface area contributed by atoms with Crippen molar-refractivity contribution in [2.24, 2.45) is 0 Å². The Morgan fingerprint density at radius 1 is 1.82 bits per heavy atom. The SMILES string of the molecule is CCC1(C(C)O)CC=C(C)N1. The normalized spacial score (nSPS) is 32.9. The molecule has 0 bridgehead atoms. The second-order valence-electron chi connectivity index (χ2n) is 3.40. The lowest BCUT2D eigenvalue weighted by Gasteiger charge is -2.32. The fraction of sp³-hybridized carbons (Fsp3) is 0.778. The largest absolute Gasteiger partial charge is 0.391 e. The van der Waals surface area contributed by atoms with Crippen molar-refractivity contribution in [3.05, 3.63) is 11.8 Å². The maximum atomic E-state index is 9.52. The van der Waals surface area contributed by atoms with Gasteiger partial charge in [-0.2, -0.15) is 0 Å². The van der Waals surface area contributed by atoms with Crippen molar-refractivity contribution >= 4 is 0 Å². The molecule has 1 heterocycles. The van der Waals surface area contributed by atoms with Gasteiger partial charge in [-0.15, -0.1) is 0 Å². The van der Waals surface area contributed by atoms with E-state index in [0.717, 1.165) is 12.8 Å². The van der Waals surface area contributed by atoms with Gasteiger partial charge in [0.15, 0.2) is 0 Å². The average molecular weight is 155 g/mol. The number of hydrogen-bond acceptors (Lipinski definition) is 2. The molecule has 0 amide bonds. The Bertz CT molecular complexity index is 174. The van der Waals surface area contributed by atoms with Gasteiger partial charge >= 0.3 is 0 Å². The minimum atomic E-state index is -0.277. The van der Waals surface area contributed by atoms with Crippen molar-refractivity contribution in [1.29, 1.82) is 0 Å². The third kappa shape index (κ3) is 1.41. The van der Waals surface area contributed by atoms with E-state index >= 15 is 0 Å². The molecule has 0 saturated carbocycles. The molecule has 0 spiro atoms. The first kappa shape index (κ1) is 8.60. The molecule has 2 heteroatoms. The number of nitrogens with one attached hydrogen (secondary N) is 1. The summed E-state index contributed by atoms with van der Waals surface area (Å²) in [6.45, 7) is 5.99. The van der Waals surface area contributed by atoms with Gasteiger partial charge < -0.3 is 10.4 Å². The maximum Gasteiger partial charge on any atom is 0.0744 e. The van der Waals surface area contributed by atoms with Crippen LogP contribution in [0.3, 0.4) is 0 Å². The fourth-order valence-electron chi connectivity index (χ4n) is 1.63. The number of aliphatic hydroxyl groups is 1. The molecule has 11 heavy (non-hydrogen) atoms. The third-order valence-corrected chi connectivity index (χ3v) is 2.65. The standard InChI is InChI=1S/C9H17NO/c1-4-9(8(3)11)6-5-7(2)10-9/h5,8,10-11H,4,6H2,1-3H3. The van der Waals surface area contributed by atoms with Crippen LogP contribution in [0.4, 0.5) is 0 Å². The second kappa shape index (κ2) is 2.86. The highest BCUT2D eigenvalue weighted by Crippen LogP contribution is 2.27. The van der Waals surface area contributed by atoms with E-state index in [1.807, 2.05) is 13.8 Å². The van der Waals surface area contributed by atoms with E-state index < -0.39 is 0 Å². The maximum absolute atomic E-state index is 9.52. The Kier molecular flexibility index (Phi) is 2.23. The highest BCUT2D eigenvalue weighted by molar-refractivity contribution is 5.15. The quantitative estimate of drug-likeness (QED) is 0.632. The van der Waals surface area contributed by atoms with E-state index in [1.54, 1.807) is 0 Å². The Hall–Kier alpha value is -0.500. The van der Waals surface area contributed by atoms with Crippen molar-refractivity contribution in [2.45, 2.75) is 45.3 Å². The molecule has 0 aromatic rings. The van der Waals surface area contributed by atoms with Crippen LogP contribution in [0.25, 0.3) is 0 Å². The topological polar surface area (TPSA) is 32.3 Å². The molecule has 0 saturated heterocycles. The van der Waals surface area contributed by atoms with Gasteiger partial charge in [0.1, 0.15) is 0 Å². The molecule has 2 unspecified atom stereocenters. The smallest absolute Gasteiger partial charge is 0.0744 e. The zero-order chi connectivity index (χ0) is 8.48. The van der Waals surface area contributed by atoms with Crippen LogP contribution < -0.4 is 5.32 Å². The molecule has 2 atom stereocenters. The number of hydrogen-bond donors (Lipinski definition) is 2. The summed E-state index contributed by atoms with van der Waals surface area (Å²) < 4.78 is 0. The van der Waals surface area contributed by atoms with Crippen molar-refractivity contribution in [1.82, 2.24) is 5.32 Å². The summed E-state index contributed by atoms with van der Waals surface area (Å²) in [5.41, 5.74) is 1.11. The Morgan fingerprint density at radius 2 is 2.45 bits per heavy atom. The van der Waals surface area contributed by atoms with Gasteiger partial charge in [-0.3, -0.25) is 0 Å². The van der Waals surface area contributed by atoms with Crippen molar-refractivity contribution < 1.29 is 5.11 Å². The van der Waals surface area contributed by atoms with E-state index in [4.69, 9.17) is 0 Å². The summed E-state index contributed by atoms with van der Waals surface area (Å²) >= 11 is 0. The Labute approximate surface area is 68.3 Å². The fourth-order valence-corrected chi connectivity index (χ4v) is 1.63. The highest BCUT2D eigenvalue weighted by atomic mass is 16.3. The van der Waals surface area contributed by atoms with Crippen molar-refractivity contribution in [2.75, 3.05) is 0 Å². The first-order valence-electron chi connectivity index (χ1n) is 4.24. The van der Waals surface area contributed by atoms with E-state index in [9.17, 15) is 5.11 Å². The van der Waals surface area contributed by atoms with Crippen molar-refractivity contribution in [3.63, 3.8) is 0 Å². The first-order chi connectivity index (χ1) is 5.10. The molecule has 2 nitrogen and oxygen atoms in total. The van der Waals surface area contributed by atoms with Gasteiger partial charge in [-0.05, 0) is 26.7 Å². The lowest BCUT2D eigenvalue weighted by atomic mass is 9.89. The molecule has 1 aliphatic rings. The minimum absolute atomic E-state index is 0.0793. The van der Waals surface area contributed by atoms with Gasteiger partial charge in [0, 0.05) is 5.70 Å². The third-order valence-electron chi connectivity index (χ3n) is 2.65. The minimum Gasteiger partial charge on any atom is -0.391 e. The lowest BCUT2D eigenvalue weighted by Crippen LogP contribution is -2.48. The van der Waals surface area contributed by atoms with Crippen LogP contribution in [0.2, 0.25) is 0 Å². The van der Waals surface area contributed by atoms with Gasteiger partial charge in [0.25, 0.3) is 0 Å².